The van der Waals surface area contributed by atoms with E-state index in [0.29, 0.717) is 18.5 Å². The van der Waals surface area contributed by atoms with Gasteiger partial charge in [-0.3, -0.25) is 5.10 Å². The molecule has 19 heavy (non-hydrogen) atoms. The number of nitrogens with zero attached hydrogens (tertiary/aromatic N) is 1. The fourth-order valence-electron chi connectivity index (χ4n) is 1.59. The Morgan fingerprint density at radius 1 is 1.32 bits per heavy atom. The van der Waals surface area contributed by atoms with Crippen LogP contribution in [0.4, 0.5) is 0 Å². The molecular weight excluding hydrogens is 264 g/mol. The second kappa shape index (κ2) is 6.02. The van der Waals surface area contributed by atoms with E-state index in [0.717, 1.165) is 12.2 Å². The number of nitrogens with one attached hydrogen (secondary N) is 3. The highest BCUT2D eigenvalue weighted by Gasteiger charge is 2.29. The largest absolute Gasteiger partial charge is 0.313 e. The van der Waals surface area contributed by atoms with E-state index in [1.54, 1.807) is 0 Å². The normalized spacial score (nSPS) is 12.9. The lowest BCUT2D eigenvalue weighted by Crippen LogP contribution is -2.43. The van der Waals surface area contributed by atoms with Gasteiger partial charge in [0, 0.05) is 23.3 Å². The Kier molecular flexibility index (Phi) is 5.11. The van der Waals surface area contributed by atoms with E-state index >= 15 is 0 Å². The highest BCUT2D eigenvalue weighted by Crippen LogP contribution is 2.19. The fourth-order valence-corrected chi connectivity index (χ4v) is 3.28. The molecular formula is C12H24N4O2S. The van der Waals surface area contributed by atoms with Gasteiger partial charge in [0.2, 0.25) is 0 Å². The van der Waals surface area contributed by atoms with E-state index in [9.17, 15) is 8.42 Å². The van der Waals surface area contributed by atoms with Gasteiger partial charge in [-0.2, -0.15) is 5.10 Å². The zero-order valence-electron chi connectivity index (χ0n) is 12.3. The number of hydrogen-bond acceptors (Lipinski definition) is 4. The van der Waals surface area contributed by atoms with Gasteiger partial charge in [0.05, 0.1) is 0 Å². The van der Waals surface area contributed by atoms with Crippen molar-refractivity contribution in [1.29, 1.82) is 0 Å². The van der Waals surface area contributed by atoms with E-state index in [4.69, 9.17) is 0 Å². The molecule has 3 N–H and O–H groups in total. The first kappa shape index (κ1) is 16.1. The van der Waals surface area contributed by atoms with Gasteiger partial charge >= 0.3 is 0 Å². The minimum atomic E-state index is -3.60. The molecule has 1 aromatic heterocycles. The molecule has 0 fully saturated rings. The molecule has 110 valence electrons. The molecule has 0 saturated carbocycles. The first-order valence-corrected chi connectivity index (χ1v) is 8.00. The molecule has 0 amide bonds. The molecule has 0 radical (unpaired) electrons. The van der Waals surface area contributed by atoms with Crippen LogP contribution < -0.4 is 10.0 Å². The molecule has 0 spiro atoms. The van der Waals surface area contributed by atoms with Crippen LogP contribution in [0.2, 0.25) is 0 Å². The van der Waals surface area contributed by atoms with Crippen molar-refractivity contribution >= 4 is 10.0 Å². The van der Waals surface area contributed by atoms with Gasteiger partial charge in [-0.25, -0.2) is 13.1 Å². The third-order valence-electron chi connectivity index (χ3n) is 3.14. The summed E-state index contributed by atoms with van der Waals surface area (Å²) in [7, 11) is -3.60. The van der Waals surface area contributed by atoms with E-state index in [1.807, 2.05) is 34.6 Å². The molecule has 1 rings (SSSR count). The van der Waals surface area contributed by atoms with Crippen LogP contribution in [0.5, 0.6) is 0 Å². The number of sulfonamides is 1. The molecule has 0 aliphatic heterocycles. The molecule has 1 heterocycles. The van der Waals surface area contributed by atoms with Crippen molar-refractivity contribution in [2.45, 2.75) is 58.1 Å². The van der Waals surface area contributed by atoms with Crippen molar-refractivity contribution in [2.24, 2.45) is 0 Å². The summed E-state index contributed by atoms with van der Waals surface area (Å²) in [5.41, 5.74) is 0.984. The maximum absolute atomic E-state index is 12.4. The SMILES string of the molecule is CCNCc1c(S(=O)(=O)NC(C)(C)CC)n[nH]c1C. The van der Waals surface area contributed by atoms with Gasteiger partial charge < -0.3 is 5.32 Å². The number of aromatic amines is 1. The van der Waals surface area contributed by atoms with Crippen LogP contribution in [0.1, 0.15) is 45.4 Å². The summed E-state index contributed by atoms with van der Waals surface area (Å²) in [4.78, 5) is 0. The van der Waals surface area contributed by atoms with Gasteiger partial charge in [-0.05, 0) is 33.7 Å². The second-order valence-corrected chi connectivity index (χ2v) is 6.85. The van der Waals surface area contributed by atoms with Crippen LogP contribution in [0, 0.1) is 6.92 Å². The van der Waals surface area contributed by atoms with Crippen molar-refractivity contribution in [3.8, 4) is 0 Å². The van der Waals surface area contributed by atoms with Gasteiger partial charge in [-0.1, -0.05) is 13.8 Å². The Balaban J connectivity index is 3.08. The summed E-state index contributed by atoms with van der Waals surface area (Å²) in [6.07, 6.45) is 0.707. The molecule has 0 unspecified atom stereocenters. The molecule has 0 bridgehead atoms. The highest BCUT2D eigenvalue weighted by molar-refractivity contribution is 7.89. The van der Waals surface area contributed by atoms with E-state index in [2.05, 4.69) is 20.2 Å². The zero-order valence-corrected chi connectivity index (χ0v) is 13.1. The smallest absolute Gasteiger partial charge is 0.260 e. The predicted octanol–water partition coefficient (Wildman–Crippen LogP) is 1.29. The van der Waals surface area contributed by atoms with Crippen molar-refractivity contribution in [3.05, 3.63) is 11.3 Å². The molecule has 0 aliphatic rings. The Morgan fingerprint density at radius 2 is 1.95 bits per heavy atom. The van der Waals surface area contributed by atoms with Crippen LogP contribution in [0.25, 0.3) is 0 Å². The zero-order chi connectivity index (χ0) is 14.7. The number of rotatable bonds is 7. The lowest BCUT2D eigenvalue weighted by atomic mass is 10.0. The van der Waals surface area contributed by atoms with E-state index in [-0.39, 0.29) is 5.03 Å². The maximum atomic E-state index is 12.4. The van der Waals surface area contributed by atoms with Crippen LogP contribution in [-0.2, 0) is 16.6 Å². The Labute approximate surface area is 115 Å². The average Bonchev–Trinajstić information content (AvgIpc) is 2.67. The quantitative estimate of drug-likeness (QED) is 0.705. The summed E-state index contributed by atoms with van der Waals surface area (Å²) >= 11 is 0. The molecule has 0 atom stereocenters. The van der Waals surface area contributed by atoms with Crippen LogP contribution in [0.3, 0.4) is 0 Å². The lowest BCUT2D eigenvalue weighted by Gasteiger charge is -2.23. The van der Waals surface area contributed by atoms with Crippen molar-refractivity contribution < 1.29 is 8.42 Å². The molecule has 0 aliphatic carbocycles. The first-order valence-electron chi connectivity index (χ1n) is 6.52. The predicted molar refractivity (Wildman–Crippen MR) is 75.4 cm³/mol. The fraction of sp³-hybridized carbons (Fsp3) is 0.750. The Hall–Kier alpha value is -0.920. The number of H-pyrrole nitrogens is 1. The average molecular weight is 288 g/mol. The summed E-state index contributed by atoms with van der Waals surface area (Å²) < 4.78 is 27.5. The van der Waals surface area contributed by atoms with Gasteiger partial charge in [-0.15, -0.1) is 0 Å². The summed E-state index contributed by atoms with van der Waals surface area (Å²) in [6, 6.07) is 0. The third-order valence-corrected chi connectivity index (χ3v) is 4.80. The van der Waals surface area contributed by atoms with Crippen LogP contribution in [0.15, 0.2) is 5.03 Å². The first-order chi connectivity index (χ1) is 8.73. The highest BCUT2D eigenvalue weighted by atomic mass is 32.2. The van der Waals surface area contributed by atoms with Crippen LogP contribution >= 0.6 is 0 Å². The Morgan fingerprint density at radius 3 is 2.47 bits per heavy atom. The Bertz CT molecular complexity index is 520. The van der Waals surface area contributed by atoms with Gasteiger partial charge in [0.1, 0.15) is 0 Å². The summed E-state index contributed by atoms with van der Waals surface area (Å²) in [5.74, 6) is 0. The van der Waals surface area contributed by atoms with E-state index < -0.39 is 15.6 Å². The van der Waals surface area contributed by atoms with Gasteiger partial charge in [0.25, 0.3) is 10.0 Å². The molecule has 7 heteroatoms. The number of aromatic nitrogens is 2. The lowest BCUT2D eigenvalue weighted by molar-refractivity contribution is 0.438. The minimum absolute atomic E-state index is 0.0903. The van der Waals surface area contributed by atoms with Gasteiger partial charge in [0.15, 0.2) is 5.03 Å². The maximum Gasteiger partial charge on any atom is 0.260 e. The van der Waals surface area contributed by atoms with Crippen molar-refractivity contribution in [2.75, 3.05) is 6.54 Å². The second-order valence-electron chi connectivity index (χ2n) is 5.26. The number of hydrogen-bond donors (Lipinski definition) is 3. The van der Waals surface area contributed by atoms with Crippen LogP contribution in [-0.4, -0.2) is 30.7 Å². The van der Waals surface area contributed by atoms with E-state index in [1.165, 1.54) is 0 Å². The molecule has 1 aromatic rings. The van der Waals surface area contributed by atoms with Crippen molar-refractivity contribution in [1.82, 2.24) is 20.2 Å². The minimum Gasteiger partial charge on any atom is -0.313 e. The summed E-state index contributed by atoms with van der Waals surface area (Å²) in [5, 5.41) is 9.91. The molecule has 0 saturated heterocycles. The standard InChI is InChI=1S/C12H24N4O2S/c1-6-12(4,5)16-19(17,18)11-10(8-13-7-2)9(3)14-15-11/h13,16H,6-8H2,1-5H3,(H,14,15). The molecule has 0 aromatic carbocycles. The monoisotopic (exact) mass is 288 g/mol. The number of aryl methyl sites for hydroxylation is 1. The topological polar surface area (TPSA) is 86.9 Å². The van der Waals surface area contributed by atoms with Crippen molar-refractivity contribution in [3.63, 3.8) is 0 Å². The molecule has 6 nitrogen and oxygen atoms in total. The third kappa shape index (κ3) is 4.02. The summed E-state index contributed by atoms with van der Waals surface area (Å²) in [6.45, 7) is 10.7.